The van der Waals surface area contributed by atoms with Crippen LogP contribution in [0.5, 0.6) is 5.75 Å². The minimum atomic E-state index is -0.890. The van der Waals surface area contributed by atoms with Gasteiger partial charge in [0, 0.05) is 10.9 Å². The summed E-state index contributed by atoms with van der Waals surface area (Å²) in [7, 11) is 0. The normalized spacial score (nSPS) is 11.9. The van der Waals surface area contributed by atoms with Gasteiger partial charge in [-0.1, -0.05) is 17.3 Å². The molecule has 134 valence electrons. The number of benzene rings is 2. The predicted octanol–water partition coefficient (Wildman–Crippen LogP) is 3.58. The molecule has 1 aromatic heterocycles. The van der Waals surface area contributed by atoms with Crippen molar-refractivity contribution in [1.29, 1.82) is 0 Å². The third kappa shape index (κ3) is 3.91. The molecule has 2 aromatic carbocycles. The maximum absolute atomic E-state index is 12.4. The second-order valence-electron chi connectivity index (χ2n) is 5.76. The highest BCUT2D eigenvalue weighted by Crippen LogP contribution is 2.19. The van der Waals surface area contributed by atoms with Crippen LogP contribution in [0.2, 0.25) is 0 Å². The molecule has 6 heteroatoms. The van der Waals surface area contributed by atoms with E-state index in [1.807, 2.05) is 25.1 Å². The van der Waals surface area contributed by atoms with Crippen LogP contribution in [0.1, 0.15) is 29.9 Å². The first-order valence-electron chi connectivity index (χ1n) is 8.38. The number of ether oxygens (including phenoxy) is 2. The van der Waals surface area contributed by atoms with Crippen LogP contribution in [0.4, 0.5) is 0 Å². The first-order chi connectivity index (χ1) is 12.6. The second kappa shape index (κ2) is 7.82. The molecule has 6 nitrogen and oxygen atoms in total. The summed E-state index contributed by atoms with van der Waals surface area (Å²) in [5.41, 5.74) is 1.56. The summed E-state index contributed by atoms with van der Waals surface area (Å²) in [4.78, 5) is 24.6. The molecule has 1 heterocycles. The van der Waals surface area contributed by atoms with Crippen molar-refractivity contribution in [2.24, 2.45) is 0 Å². The number of para-hydroxylation sites is 1. The lowest BCUT2D eigenvalue weighted by atomic mass is 10.1. The van der Waals surface area contributed by atoms with E-state index in [2.05, 4.69) is 5.16 Å². The van der Waals surface area contributed by atoms with Crippen molar-refractivity contribution in [3.63, 3.8) is 0 Å². The van der Waals surface area contributed by atoms with Gasteiger partial charge < -0.3 is 14.0 Å². The molecule has 0 saturated heterocycles. The number of carbonyl (C=O) groups excluding carboxylic acids is 2. The van der Waals surface area contributed by atoms with E-state index in [-0.39, 0.29) is 12.2 Å². The van der Waals surface area contributed by atoms with Gasteiger partial charge in [0.1, 0.15) is 11.4 Å². The number of Topliss-reactive ketones (excluding diaryl/α,β-unsaturated/α-hetero) is 1. The molecule has 0 amide bonds. The Balaban J connectivity index is 1.62. The lowest BCUT2D eigenvalue weighted by Crippen LogP contribution is -2.25. The molecule has 0 N–H and O–H groups in total. The quantitative estimate of drug-likeness (QED) is 0.477. The number of ketones is 1. The van der Waals surface area contributed by atoms with E-state index in [9.17, 15) is 9.59 Å². The molecule has 0 radical (unpaired) electrons. The molecule has 3 rings (SSSR count). The van der Waals surface area contributed by atoms with Crippen molar-refractivity contribution < 1.29 is 23.6 Å². The molecule has 0 saturated carbocycles. The van der Waals surface area contributed by atoms with Gasteiger partial charge in [0.25, 0.3) is 0 Å². The van der Waals surface area contributed by atoms with Gasteiger partial charge in [-0.25, -0.2) is 0 Å². The third-order valence-corrected chi connectivity index (χ3v) is 3.89. The number of hydrogen-bond donors (Lipinski definition) is 0. The van der Waals surface area contributed by atoms with Gasteiger partial charge in [-0.15, -0.1) is 0 Å². The highest BCUT2D eigenvalue weighted by atomic mass is 16.5. The summed E-state index contributed by atoms with van der Waals surface area (Å²) < 4.78 is 15.8. The van der Waals surface area contributed by atoms with Crippen molar-refractivity contribution in [2.45, 2.75) is 26.4 Å². The minimum Gasteiger partial charge on any atom is -0.494 e. The van der Waals surface area contributed by atoms with Gasteiger partial charge in [0.05, 0.1) is 13.0 Å². The first kappa shape index (κ1) is 17.7. The smallest absolute Gasteiger partial charge is 0.312 e. The van der Waals surface area contributed by atoms with E-state index in [0.29, 0.717) is 29.2 Å². The summed E-state index contributed by atoms with van der Waals surface area (Å²) in [5, 5.41) is 4.66. The average Bonchev–Trinajstić information content (AvgIpc) is 3.05. The number of rotatable bonds is 7. The van der Waals surface area contributed by atoms with Crippen molar-refractivity contribution in [3.05, 3.63) is 59.8 Å². The standard InChI is InChI=1S/C20H19NO5/c1-3-24-15-10-8-14(9-11-15)20(23)13(2)25-19(22)12-17-16-6-4-5-7-18(16)26-21-17/h4-11,13H,3,12H2,1-2H3/t13-/m0/s1. The van der Waals surface area contributed by atoms with E-state index in [1.54, 1.807) is 37.3 Å². The molecule has 26 heavy (non-hydrogen) atoms. The summed E-state index contributed by atoms with van der Waals surface area (Å²) in [5.74, 6) is -0.117. The van der Waals surface area contributed by atoms with Crippen molar-refractivity contribution in [2.75, 3.05) is 6.61 Å². The Bertz CT molecular complexity index is 913. The Morgan fingerprint density at radius 1 is 1.12 bits per heavy atom. The highest BCUT2D eigenvalue weighted by molar-refractivity contribution is 6.00. The minimum absolute atomic E-state index is 0.0576. The number of aromatic nitrogens is 1. The molecule has 0 fully saturated rings. The first-order valence-corrected chi connectivity index (χ1v) is 8.38. The van der Waals surface area contributed by atoms with E-state index in [0.717, 1.165) is 5.39 Å². The Morgan fingerprint density at radius 2 is 1.85 bits per heavy atom. The molecule has 0 aliphatic heterocycles. The lowest BCUT2D eigenvalue weighted by molar-refractivity contribution is -0.145. The van der Waals surface area contributed by atoms with Crippen molar-refractivity contribution in [3.8, 4) is 5.75 Å². The average molecular weight is 353 g/mol. The molecule has 0 unspecified atom stereocenters. The van der Waals surface area contributed by atoms with Gasteiger partial charge in [-0.2, -0.15) is 0 Å². The van der Waals surface area contributed by atoms with E-state index in [4.69, 9.17) is 14.0 Å². The zero-order chi connectivity index (χ0) is 18.5. The lowest BCUT2D eigenvalue weighted by Gasteiger charge is -2.12. The zero-order valence-corrected chi connectivity index (χ0v) is 14.6. The van der Waals surface area contributed by atoms with Crippen LogP contribution in [-0.4, -0.2) is 29.6 Å². The predicted molar refractivity (Wildman–Crippen MR) is 95.2 cm³/mol. The van der Waals surface area contributed by atoms with Crippen LogP contribution < -0.4 is 4.74 Å². The van der Waals surface area contributed by atoms with Crippen LogP contribution in [-0.2, 0) is 16.0 Å². The molecule has 0 aliphatic rings. The van der Waals surface area contributed by atoms with E-state index >= 15 is 0 Å². The van der Waals surface area contributed by atoms with E-state index in [1.165, 1.54) is 0 Å². The number of hydrogen-bond acceptors (Lipinski definition) is 6. The van der Waals surface area contributed by atoms with Crippen LogP contribution in [0.15, 0.2) is 53.1 Å². The number of esters is 1. The van der Waals surface area contributed by atoms with Crippen LogP contribution in [0, 0.1) is 0 Å². The molecule has 0 bridgehead atoms. The summed E-state index contributed by atoms with van der Waals surface area (Å²) in [6.07, 6.45) is -0.948. The van der Waals surface area contributed by atoms with Gasteiger partial charge in [0.2, 0.25) is 5.78 Å². The number of fused-ring (bicyclic) bond motifs is 1. The van der Waals surface area contributed by atoms with Crippen molar-refractivity contribution >= 4 is 22.7 Å². The Hall–Kier alpha value is -3.15. The maximum Gasteiger partial charge on any atom is 0.312 e. The maximum atomic E-state index is 12.4. The van der Waals surface area contributed by atoms with E-state index < -0.39 is 12.1 Å². The van der Waals surface area contributed by atoms with Gasteiger partial charge in [-0.05, 0) is 50.2 Å². The Kier molecular flexibility index (Phi) is 5.31. The monoisotopic (exact) mass is 353 g/mol. The summed E-state index contributed by atoms with van der Waals surface area (Å²) in [6, 6.07) is 14.0. The number of carbonyl (C=O) groups is 2. The largest absolute Gasteiger partial charge is 0.494 e. The second-order valence-corrected chi connectivity index (χ2v) is 5.76. The summed E-state index contributed by atoms with van der Waals surface area (Å²) in [6.45, 7) is 3.99. The zero-order valence-electron chi connectivity index (χ0n) is 14.6. The van der Waals surface area contributed by atoms with Gasteiger partial charge in [-0.3, -0.25) is 9.59 Å². The Morgan fingerprint density at radius 3 is 2.58 bits per heavy atom. The molecule has 3 aromatic rings. The molecular weight excluding hydrogens is 334 g/mol. The number of nitrogens with zero attached hydrogens (tertiary/aromatic N) is 1. The summed E-state index contributed by atoms with van der Waals surface area (Å²) >= 11 is 0. The van der Waals surface area contributed by atoms with Gasteiger partial charge in [0.15, 0.2) is 11.7 Å². The Labute approximate surface area is 150 Å². The fraction of sp³-hybridized carbons (Fsp3) is 0.250. The highest BCUT2D eigenvalue weighted by Gasteiger charge is 2.21. The van der Waals surface area contributed by atoms with Crippen LogP contribution in [0.3, 0.4) is 0 Å². The van der Waals surface area contributed by atoms with Gasteiger partial charge >= 0.3 is 5.97 Å². The molecule has 1 atom stereocenters. The SMILES string of the molecule is CCOc1ccc(C(=O)[C@H](C)OC(=O)Cc2noc3ccccc23)cc1. The van der Waals surface area contributed by atoms with Crippen LogP contribution in [0.25, 0.3) is 11.0 Å². The molecule has 0 aliphatic carbocycles. The molecule has 0 spiro atoms. The van der Waals surface area contributed by atoms with Crippen LogP contribution >= 0.6 is 0 Å². The van der Waals surface area contributed by atoms with Crippen molar-refractivity contribution in [1.82, 2.24) is 5.16 Å². The fourth-order valence-corrected chi connectivity index (χ4v) is 2.61. The topological polar surface area (TPSA) is 78.6 Å². The fourth-order valence-electron chi connectivity index (χ4n) is 2.61. The molecular formula is C20H19NO5. The third-order valence-electron chi connectivity index (χ3n) is 3.89.